The summed E-state index contributed by atoms with van der Waals surface area (Å²) in [4.78, 5) is 9.29. The molecule has 1 aromatic carbocycles. The van der Waals surface area contributed by atoms with Gasteiger partial charge in [-0.05, 0) is 24.6 Å². The van der Waals surface area contributed by atoms with Gasteiger partial charge in [-0.1, -0.05) is 12.1 Å². The van der Waals surface area contributed by atoms with E-state index in [1.165, 1.54) is 24.3 Å². The molecule has 0 unspecified atom stereocenters. The third-order valence-electron chi connectivity index (χ3n) is 2.70. The number of aromatic nitrogens is 1. The monoisotopic (exact) mass is 344 g/mol. The van der Waals surface area contributed by atoms with E-state index in [0.717, 1.165) is 15.4 Å². The fourth-order valence-electron chi connectivity index (χ4n) is 1.69. The van der Waals surface area contributed by atoms with E-state index in [4.69, 9.17) is 5.73 Å². The molecular formula is C14H15F3N4OS. The molecule has 0 aliphatic rings. The Morgan fingerprint density at radius 1 is 1.35 bits per heavy atom. The quantitative estimate of drug-likeness (QED) is 0.646. The van der Waals surface area contributed by atoms with Gasteiger partial charge in [0.25, 0.3) is 0 Å². The minimum absolute atomic E-state index is 0.256. The van der Waals surface area contributed by atoms with E-state index in [2.05, 4.69) is 20.0 Å². The number of nitrogens with one attached hydrogen (secondary N) is 1. The molecule has 23 heavy (non-hydrogen) atoms. The predicted octanol–water partition coefficient (Wildman–Crippen LogP) is 2.95. The maximum absolute atomic E-state index is 12.0. The molecule has 0 amide bonds. The lowest BCUT2D eigenvalue weighted by atomic mass is 10.2. The number of benzene rings is 1. The van der Waals surface area contributed by atoms with Gasteiger partial charge in [-0.25, -0.2) is 9.98 Å². The number of aliphatic imine (C=N–C) groups is 1. The van der Waals surface area contributed by atoms with Gasteiger partial charge in [-0.3, -0.25) is 0 Å². The van der Waals surface area contributed by atoms with E-state index >= 15 is 0 Å². The van der Waals surface area contributed by atoms with Gasteiger partial charge in [0, 0.05) is 11.1 Å². The molecule has 1 aromatic heterocycles. The van der Waals surface area contributed by atoms with Crippen LogP contribution in [0, 0.1) is 6.92 Å². The Labute approximate surface area is 135 Å². The number of nitrogens with zero attached hydrogens (tertiary/aromatic N) is 2. The second kappa shape index (κ2) is 7.32. The first-order chi connectivity index (χ1) is 10.8. The van der Waals surface area contributed by atoms with Crippen molar-refractivity contribution in [2.24, 2.45) is 10.7 Å². The van der Waals surface area contributed by atoms with Gasteiger partial charge < -0.3 is 15.8 Å². The van der Waals surface area contributed by atoms with E-state index in [0.29, 0.717) is 6.54 Å². The number of hydrogen-bond donors (Lipinski definition) is 2. The number of rotatable bonds is 5. The second-order valence-corrected chi connectivity index (χ2v) is 5.91. The van der Waals surface area contributed by atoms with Crippen LogP contribution in [0.2, 0.25) is 0 Å². The highest BCUT2D eigenvalue weighted by Gasteiger charge is 2.30. The number of nitrogens with two attached hydrogens (primary N) is 1. The van der Waals surface area contributed by atoms with Gasteiger partial charge in [-0.15, -0.1) is 24.5 Å². The fourth-order valence-corrected chi connectivity index (χ4v) is 2.43. The zero-order chi connectivity index (χ0) is 16.9. The molecule has 0 aliphatic heterocycles. The van der Waals surface area contributed by atoms with Crippen LogP contribution < -0.4 is 15.8 Å². The molecule has 0 aliphatic carbocycles. The molecule has 2 aromatic rings. The largest absolute Gasteiger partial charge is 0.573 e. The van der Waals surface area contributed by atoms with Gasteiger partial charge in [0.1, 0.15) is 5.75 Å². The summed E-state index contributed by atoms with van der Waals surface area (Å²) in [5.74, 6) is -0.0106. The zero-order valence-corrected chi connectivity index (χ0v) is 13.0. The SMILES string of the molecule is Cc1ncc(CNC(N)=NCc2ccc(OC(F)(F)F)cc2)s1. The highest BCUT2D eigenvalue weighted by molar-refractivity contribution is 7.11. The summed E-state index contributed by atoms with van der Waals surface area (Å²) in [6.07, 6.45) is -2.93. The van der Waals surface area contributed by atoms with Gasteiger partial charge >= 0.3 is 6.36 Å². The van der Waals surface area contributed by atoms with Crippen molar-refractivity contribution >= 4 is 17.3 Å². The molecule has 3 N–H and O–H groups in total. The number of ether oxygens (including phenoxy) is 1. The number of thiazole rings is 1. The minimum Gasteiger partial charge on any atom is -0.406 e. The Bertz CT molecular complexity index is 667. The van der Waals surface area contributed by atoms with Gasteiger partial charge in [-0.2, -0.15) is 0 Å². The molecule has 0 atom stereocenters. The molecule has 0 radical (unpaired) electrons. The van der Waals surface area contributed by atoms with Crippen molar-refractivity contribution in [2.75, 3.05) is 0 Å². The van der Waals surface area contributed by atoms with Crippen molar-refractivity contribution in [1.29, 1.82) is 0 Å². The van der Waals surface area contributed by atoms with Crippen molar-refractivity contribution in [3.63, 3.8) is 0 Å². The summed E-state index contributed by atoms with van der Waals surface area (Å²) in [7, 11) is 0. The summed E-state index contributed by atoms with van der Waals surface area (Å²) in [6, 6.07) is 5.49. The van der Waals surface area contributed by atoms with Crippen LogP contribution in [0.5, 0.6) is 5.75 Å². The average molecular weight is 344 g/mol. The number of aryl methyl sites for hydroxylation is 1. The average Bonchev–Trinajstić information content (AvgIpc) is 2.88. The Morgan fingerprint density at radius 3 is 2.61 bits per heavy atom. The highest BCUT2D eigenvalue weighted by Crippen LogP contribution is 2.22. The fraction of sp³-hybridized carbons (Fsp3) is 0.286. The number of alkyl halides is 3. The lowest BCUT2D eigenvalue weighted by Crippen LogP contribution is -2.30. The number of guanidine groups is 1. The lowest BCUT2D eigenvalue weighted by molar-refractivity contribution is -0.274. The Balaban J connectivity index is 1.84. The summed E-state index contributed by atoms with van der Waals surface area (Å²) >= 11 is 1.56. The van der Waals surface area contributed by atoms with Crippen molar-refractivity contribution < 1.29 is 17.9 Å². The van der Waals surface area contributed by atoms with Gasteiger partial charge in [0.05, 0.1) is 18.1 Å². The molecule has 5 nitrogen and oxygen atoms in total. The molecule has 9 heteroatoms. The minimum atomic E-state index is -4.69. The van der Waals surface area contributed by atoms with Crippen LogP contribution in [-0.2, 0) is 13.1 Å². The van der Waals surface area contributed by atoms with Crippen LogP contribution in [0.15, 0.2) is 35.5 Å². The molecule has 0 saturated carbocycles. The molecule has 2 rings (SSSR count). The van der Waals surface area contributed by atoms with E-state index in [-0.39, 0.29) is 18.3 Å². The second-order valence-electron chi connectivity index (χ2n) is 4.59. The predicted molar refractivity (Wildman–Crippen MR) is 82.1 cm³/mol. The zero-order valence-electron chi connectivity index (χ0n) is 12.2. The van der Waals surface area contributed by atoms with Crippen molar-refractivity contribution in [2.45, 2.75) is 26.4 Å². The maximum atomic E-state index is 12.0. The molecule has 124 valence electrons. The normalized spacial score (nSPS) is 12.3. The number of hydrogen-bond acceptors (Lipinski definition) is 4. The van der Waals surface area contributed by atoms with Crippen LogP contribution in [-0.4, -0.2) is 17.3 Å². The number of halogens is 3. The molecule has 0 bridgehead atoms. The van der Waals surface area contributed by atoms with E-state index in [9.17, 15) is 13.2 Å². The first-order valence-corrected chi connectivity index (χ1v) is 7.43. The Hall–Kier alpha value is -2.29. The Kier molecular flexibility index (Phi) is 5.43. The van der Waals surface area contributed by atoms with Crippen molar-refractivity contribution in [3.8, 4) is 5.75 Å². The van der Waals surface area contributed by atoms with Gasteiger partial charge in [0.15, 0.2) is 5.96 Å². The molecule has 1 heterocycles. The van der Waals surface area contributed by atoms with E-state index < -0.39 is 6.36 Å². The third kappa shape index (κ3) is 6.15. The standard InChI is InChI=1S/C14H15F3N4OS/c1-9-19-7-12(23-9)8-21-13(18)20-6-10-2-4-11(5-3-10)22-14(15,16)17/h2-5,7H,6,8H2,1H3,(H3,18,20,21). The van der Waals surface area contributed by atoms with Crippen molar-refractivity contribution in [1.82, 2.24) is 10.3 Å². The molecule has 0 spiro atoms. The summed E-state index contributed by atoms with van der Waals surface area (Å²) < 4.78 is 39.9. The van der Waals surface area contributed by atoms with Crippen LogP contribution in [0.3, 0.4) is 0 Å². The van der Waals surface area contributed by atoms with Gasteiger partial charge in [0.2, 0.25) is 0 Å². The van der Waals surface area contributed by atoms with Crippen LogP contribution in [0.25, 0.3) is 0 Å². The third-order valence-corrected chi connectivity index (χ3v) is 3.61. The molecule has 0 saturated heterocycles. The maximum Gasteiger partial charge on any atom is 0.573 e. The summed E-state index contributed by atoms with van der Waals surface area (Å²) in [6.45, 7) is 2.70. The van der Waals surface area contributed by atoms with Crippen molar-refractivity contribution in [3.05, 3.63) is 45.9 Å². The molecule has 0 fully saturated rings. The summed E-state index contributed by atoms with van der Waals surface area (Å²) in [5.41, 5.74) is 6.46. The smallest absolute Gasteiger partial charge is 0.406 e. The van der Waals surface area contributed by atoms with E-state index in [1.807, 2.05) is 6.92 Å². The topological polar surface area (TPSA) is 72.5 Å². The Morgan fingerprint density at radius 2 is 2.04 bits per heavy atom. The first-order valence-electron chi connectivity index (χ1n) is 6.61. The van der Waals surface area contributed by atoms with Crippen LogP contribution >= 0.6 is 11.3 Å². The summed E-state index contributed by atoms with van der Waals surface area (Å²) in [5, 5.41) is 3.92. The van der Waals surface area contributed by atoms with Crippen LogP contribution in [0.4, 0.5) is 13.2 Å². The highest BCUT2D eigenvalue weighted by atomic mass is 32.1. The van der Waals surface area contributed by atoms with Crippen LogP contribution in [0.1, 0.15) is 15.4 Å². The molecular weight excluding hydrogens is 329 g/mol. The van der Waals surface area contributed by atoms with E-state index in [1.54, 1.807) is 17.5 Å². The first kappa shape index (κ1) is 17.1. The lowest BCUT2D eigenvalue weighted by Gasteiger charge is -2.09.